The van der Waals surface area contributed by atoms with Crippen LogP contribution in [0, 0.1) is 6.92 Å². The molecule has 0 spiro atoms. The average molecular weight is 338 g/mol. The fourth-order valence-corrected chi connectivity index (χ4v) is 2.69. The van der Waals surface area contributed by atoms with Crippen LogP contribution >= 0.6 is 31.9 Å². The molecule has 0 heterocycles. The summed E-state index contributed by atoms with van der Waals surface area (Å²) in [5.74, 6) is -0.798. The molecular weight excluding hydrogens is 324 g/mol. The molecule has 0 saturated carbocycles. The van der Waals surface area contributed by atoms with E-state index in [0.717, 1.165) is 5.56 Å². The van der Waals surface area contributed by atoms with Crippen molar-refractivity contribution in [3.63, 3.8) is 0 Å². The Morgan fingerprint density at radius 2 is 1.53 bits per heavy atom. The Hall–Kier alpha value is 0.1000. The van der Waals surface area contributed by atoms with Gasteiger partial charge in [-0.3, -0.25) is 0 Å². The van der Waals surface area contributed by atoms with Gasteiger partial charge in [-0.2, -0.15) is 0 Å². The summed E-state index contributed by atoms with van der Waals surface area (Å²) in [6.45, 7) is 2.05. The maximum Gasteiger partial charge on any atom is 0.217 e. The molecule has 0 aliphatic rings. The molecule has 0 N–H and O–H groups in total. The van der Waals surface area contributed by atoms with Gasteiger partial charge in [0.25, 0.3) is 0 Å². The van der Waals surface area contributed by atoms with E-state index >= 15 is 0 Å². The van der Waals surface area contributed by atoms with Crippen LogP contribution in [0.15, 0.2) is 24.3 Å². The summed E-state index contributed by atoms with van der Waals surface area (Å²) >= 11 is 6.88. The van der Waals surface area contributed by atoms with Crippen molar-refractivity contribution in [2.24, 2.45) is 0 Å². The van der Waals surface area contributed by atoms with E-state index in [-0.39, 0.29) is 3.74 Å². The van der Waals surface area contributed by atoms with E-state index in [0.29, 0.717) is 0 Å². The second-order valence-corrected chi connectivity index (χ2v) is 6.30. The number of hydrogen-bond acceptors (Lipinski definition) is 2. The monoisotopic (exact) mass is 336 g/mol. The zero-order chi connectivity index (χ0) is 11.5. The van der Waals surface area contributed by atoms with E-state index in [1.165, 1.54) is 5.56 Å². The molecule has 0 amide bonds. The quantitative estimate of drug-likeness (QED) is 0.618. The standard InChI is InChI=1S/C11H14Br2O2/c1-8-4-6-9(7-5-8)11(14-2,15-3)10(12)13/h4-7,10H,1-3H3. The Morgan fingerprint density at radius 3 is 1.87 bits per heavy atom. The summed E-state index contributed by atoms with van der Waals surface area (Å²) in [6, 6.07) is 8.06. The van der Waals surface area contributed by atoms with Gasteiger partial charge in [0.1, 0.15) is 3.74 Å². The fraction of sp³-hybridized carbons (Fsp3) is 0.455. The molecule has 0 bridgehead atoms. The summed E-state index contributed by atoms with van der Waals surface area (Å²) in [4.78, 5) is 0. The second-order valence-electron chi connectivity index (χ2n) is 3.24. The third-order valence-corrected chi connectivity index (χ3v) is 3.55. The lowest BCUT2D eigenvalue weighted by atomic mass is 10.1. The van der Waals surface area contributed by atoms with E-state index in [1.54, 1.807) is 14.2 Å². The van der Waals surface area contributed by atoms with Gasteiger partial charge in [0.2, 0.25) is 5.79 Å². The van der Waals surface area contributed by atoms with Gasteiger partial charge in [0, 0.05) is 19.8 Å². The Morgan fingerprint density at radius 1 is 1.07 bits per heavy atom. The van der Waals surface area contributed by atoms with Crippen LogP contribution in [-0.4, -0.2) is 18.0 Å². The molecule has 0 aromatic heterocycles. The highest BCUT2D eigenvalue weighted by Gasteiger charge is 2.38. The van der Waals surface area contributed by atoms with E-state index in [4.69, 9.17) is 9.47 Å². The molecule has 0 saturated heterocycles. The average Bonchev–Trinajstić information content (AvgIpc) is 2.22. The molecule has 0 unspecified atom stereocenters. The van der Waals surface area contributed by atoms with Crippen molar-refractivity contribution >= 4 is 31.9 Å². The van der Waals surface area contributed by atoms with Crippen molar-refractivity contribution in [3.8, 4) is 0 Å². The topological polar surface area (TPSA) is 18.5 Å². The van der Waals surface area contributed by atoms with Crippen molar-refractivity contribution in [2.75, 3.05) is 14.2 Å². The maximum atomic E-state index is 5.46. The predicted molar refractivity (Wildman–Crippen MR) is 68.5 cm³/mol. The number of rotatable bonds is 4. The maximum absolute atomic E-state index is 5.46. The van der Waals surface area contributed by atoms with Gasteiger partial charge >= 0.3 is 0 Å². The summed E-state index contributed by atoms with van der Waals surface area (Å²) in [5, 5.41) is 0. The number of halogens is 2. The number of hydrogen-bond donors (Lipinski definition) is 0. The van der Waals surface area contributed by atoms with Gasteiger partial charge in [0.05, 0.1) is 0 Å². The molecule has 84 valence electrons. The summed E-state index contributed by atoms with van der Waals surface area (Å²) in [5.41, 5.74) is 2.18. The zero-order valence-electron chi connectivity index (χ0n) is 8.96. The lowest BCUT2D eigenvalue weighted by Crippen LogP contribution is -2.36. The molecule has 4 heteroatoms. The van der Waals surface area contributed by atoms with Gasteiger partial charge < -0.3 is 9.47 Å². The van der Waals surface area contributed by atoms with Crippen molar-refractivity contribution < 1.29 is 9.47 Å². The zero-order valence-corrected chi connectivity index (χ0v) is 12.1. The van der Waals surface area contributed by atoms with Crippen LogP contribution in [0.25, 0.3) is 0 Å². The lowest BCUT2D eigenvalue weighted by Gasteiger charge is -2.32. The van der Waals surface area contributed by atoms with Crippen molar-refractivity contribution in [2.45, 2.75) is 16.4 Å². The molecule has 15 heavy (non-hydrogen) atoms. The van der Waals surface area contributed by atoms with Gasteiger partial charge in [-0.15, -0.1) is 0 Å². The number of methoxy groups -OCH3 is 2. The molecule has 2 nitrogen and oxygen atoms in total. The van der Waals surface area contributed by atoms with Crippen LogP contribution in [0.2, 0.25) is 0 Å². The summed E-state index contributed by atoms with van der Waals surface area (Å²) in [7, 11) is 3.25. The summed E-state index contributed by atoms with van der Waals surface area (Å²) < 4.78 is 10.8. The fourth-order valence-electron chi connectivity index (χ4n) is 1.41. The van der Waals surface area contributed by atoms with E-state index in [9.17, 15) is 0 Å². The normalized spacial score (nSPS) is 12.1. The first kappa shape index (κ1) is 13.2. The van der Waals surface area contributed by atoms with Crippen LogP contribution < -0.4 is 0 Å². The SMILES string of the molecule is COC(OC)(c1ccc(C)cc1)C(Br)Br. The van der Waals surface area contributed by atoms with Gasteiger partial charge in [-0.05, 0) is 6.92 Å². The second kappa shape index (κ2) is 5.43. The molecular formula is C11H14Br2O2. The number of alkyl halides is 2. The minimum absolute atomic E-state index is 0.116. The smallest absolute Gasteiger partial charge is 0.217 e. The molecule has 0 aliphatic carbocycles. The van der Waals surface area contributed by atoms with Crippen LogP contribution in [0.3, 0.4) is 0 Å². The minimum Gasteiger partial charge on any atom is -0.348 e. The Labute approximate surface area is 107 Å². The Bertz CT molecular complexity index is 305. The first-order valence-electron chi connectivity index (χ1n) is 4.52. The predicted octanol–water partition coefficient (Wildman–Crippen LogP) is 3.56. The van der Waals surface area contributed by atoms with E-state index in [2.05, 4.69) is 31.9 Å². The molecule has 1 rings (SSSR count). The number of aryl methyl sites for hydroxylation is 1. The molecule has 1 aromatic carbocycles. The van der Waals surface area contributed by atoms with Crippen LogP contribution in [0.5, 0.6) is 0 Å². The van der Waals surface area contributed by atoms with Crippen molar-refractivity contribution in [1.29, 1.82) is 0 Å². The van der Waals surface area contributed by atoms with Gasteiger partial charge in [-0.25, -0.2) is 0 Å². The van der Waals surface area contributed by atoms with Crippen LogP contribution in [0.4, 0.5) is 0 Å². The van der Waals surface area contributed by atoms with Gasteiger partial charge in [0.15, 0.2) is 0 Å². The third kappa shape index (κ3) is 2.61. The largest absolute Gasteiger partial charge is 0.348 e. The number of benzene rings is 1. The highest BCUT2D eigenvalue weighted by atomic mass is 79.9. The molecule has 0 atom stereocenters. The van der Waals surface area contributed by atoms with E-state index < -0.39 is 5.79 Å². The Balaban J connectivity index is 3.14. The van der Waals surface area contributed by atoms with Crippen LogP contribution in [-0.2, 0) is 15.3 Å². The first-order chi connectivity index (χ1) is 7.06. The van der Waals surface area contributed by atoms with Crippen molar-refractivity contribution in [1.82, 2.24) is 0 Å². The molecule has 1 aromatic rings. The highest BCUT2D eigenvalue weighted by molar-refractivity contribution is 9.24. The minimum atomic E-state index is -0.798. The van der Waals surface area contributed by atoms with Gasteiger partial charge in [-0.1, -0.05) is 61.7 Å². The Kier molecular flexibility index (Phi) is 4.77. The van der Waals surface area contributed by atoms with E-state index in [1.807, 2.05) is 31.2 Å². The molecule has 0 aliphatic heterocycles. The molecule has 0 radical (unpaired) electrons. The van der Waals surface area contributed by atoms with Crippen LogP contribution in [0.1, 0.15) is 11.1 Å². The lowest BCUT2D eigenvalue weighted by molar-refractivity contribution is -0.201. The van der Waals surface area contributed by atoms with Crippen molar-refractivity contribution in [3.05, 3.63) is 35.4 Å². The third-order valence-electron chi connectivity index (χ3n) is 2.35. The highest BCUT2D eigenvalue weighted by Crippen LogP contribution is 2.37. The molecule has 0 fully saturated rings. The number of ether oxygens (including phenoxy) is 2. The first-order valence-corrected chi connectivity index (χ1v) is 6.35. The summed E-state index contributed by atoms with van der Waals surface area (Å²) in [6.07, 6.45) is 0.